The van der Waals surface area contributed by atoms with Gasteiger partial charge in [0.1, 0.15) is 5.82 Å². The van der Waals surface area contributed by atoms with E-state index in [1.807, 2.05) is 0 Å². The van der Waals surface area contributed by atoms with Crippen molar-refractivity contribution < 1.29 is 22.4 Å². The maximum atomic E-state index is 13.0. The zero-order chi connectivity index (χ0) is 21.7. The number of benzene rings is 2. The van der Waals surface area contributed by atoms with Crippen LogP contribution < -0.4 is 10.6 Å². The summed E-state index contributed by atoms with van der Waals surface area (Å²) in [6, 6.07) is 14.3. The van der Waals surface area contributed by atoms with Crippen LogP contribution in [0.3, 0.4) is 0 Å². The van der Waals surface area contributed by atoms with Gasteiger partial charge in [-0.1, -0.05) is 12.1 Å². The number of carbonyl (C=O) groups excluding carboxylic acids is 2. The van der Waals surface area contributed by atoms with Crippen LogP contribution in [0.5, 0.6) is 0 Å². The van der Waals surface area contributed by atoms with Gasteiger partial charge in [-0.15, -0.1) is 11.3 Å². The van der Waals surface area contributed by atoms with E-state index in [1.165, 1.54) is 18.4 Å². The highest BCUT2D eigenvalue weighted by Gasteiger charge is 2.23. The minimum absolute atomic E-state index is 0.113. The summed E-state index contributed by atoms with van der Waals surface area (Å²) in [7, 11) is -2.68. The van der Waals surface area contributed by atoms with Crippen LogP contribution in [0.25, 0.3) is 0 Å². The molecule has 2 N–H and O–H groups in total. The first-order valence-corrected chi connectivity index (χ1v) is 11.0. The molecule has 7 nitrogen and oxygen atoms in total. The van der Waals surface area contributed by atoms with Gasteiger partial charge in [0, 0.05) is 18.4 Å². The van der Waals surface area contributed by atoms with Crippen LogP contribution in [0.1, 0.15) is 9.67 Å². The summed E-state index contributed by atoms with van der Waals surface area (Å²) in [4.78, 5) is 24.9. The Hall–Kier alpha value is -3.08. The number of hydrogen-bond acceptors (Lipinski definition) is 5. The molecule has 2 amide bonds. The molecule has 30 heavy (non-hydrogen) atoms. The predicted octanol–water partition coefficient (Wildman–Crippen LogP) is 3.40. The molecule has 10 heteroatoms. The van der Waals surface area contributed by atoms with Gasteiger partial charge in [0.05, 0.1) is 16.3 Å². The summed E-state index contributed by atoms with van der Waals surface area (Å²) >= 11 is 1.31. The minimum atomic E-state index is -3.94. The third-order valence-corrected chi connectivity index (χ3v) is 6.72. The van der Waals surface area contributed by atoms with Crippen molar-refractivity contribution in [2.45, 2.75) is 4.90 Å². The van der Waals surface area contributed by atoms with E-state index in [1.54, 1.807) is 41.8 Å². The smallest absolute Gasteiger partial charge is 0.265 e. The van der Waals surface area contributed by atoms with Gasteiger partial charge in [-0.25, -0.2) is 12.8 Å². The Bertz CT molecular complexity index is 1150. The van der Waals surface area contributed by atoms with Gasteiger partial charge >= 0.3 is 0 Å². The summed E-state index contributed by atoms with van der Waals surface area (Å²) in [6.45, 7) is -0.439. The van der Waals surface area contributed by atoms with Gasteiger partial charge in [0.2, 0.25) is 15.9 Å². The highest BCUT2D eigenvalue weighted by molar-refractivity contribution is 7.89. The molecule has 0 spiro atoms. The third-order valence-electron chi connectivity index (χ3n) is 4.04. The number of anilines is 2. The van der Waals surface area contributed by atoms with Crippen LogP contribution in [0.2, 0.25) is 0 Å². The number of likely N-dealkylation sites (N-methyl/N-ethyl adjacent to an activating group) is 1. The van der Waals surface area contributed by atoms with E-state index >= 15 is 0 Å². The van der Waals surface area contributed by atoms with Crippen molar-refractivity contribution in [3.63, 3.8) is 0 Å². The van der Waals surface area contributed by atoms with Gasteiger partial charge < -0.3 is 10.6 Å². The maximum absolute atomic E-state index is 13.0. The summed E-state index contributed by atoms with van der Waals surface area (Å²) < 4.78 is 38.9. The fourth-order valence-corrected chi connectivity index (χ4v) is 4.30. The first-order chi connectivity index (χ1) is 14.3. The highest BCUT2D eigenvalue weighted by atomic mass is 32.2. The molecular weight excluding hydrogens is 429 g/mol. The molecule has 2 aromatic carbocycles. The van der Waals surface area contributed by atoms with E-state index < -0.39 is 28.3 Å². The fraction of sp³-hybridized carbons (Fsp3) is 0.100. The standard InChI is InChI=1S/C20H18FN3O4S2/c1-24(30(27,28)17-9-7-14(21)8-10-17)13-19(25)22-15-4-2-5-16(12-15)23-20(26)18-6-3-11-29-18/h2-12H,13H2,1H3,(H,22,25)(H,23,26). The Morgan fingerprint density at radius 2 is 1.67 bits per heavy atom. The molecule has 0 bridgehead atoms. The van der Waals surface area contributed by atoms with Crippen molar-refractivity contribution in [1.82, 2.24) is 4.31 Å². The molecule has 0 atom stereocenters. The van der Waals surface area contributed by atoms with Gasteiger partial charge in [-0.3, -0.25) is 9.59 Å². The van der Waals surface area contributed by atoms with Crippen molar-refractivity contribution in [2.75, 3.05) is 24.2 Å². The van der Waals surface area contributed by atoms with Crippen molar-refractivity contribution in [1.29, 1.82) is 0 Å². The molecular formula is C20H18FN3O4S2. The largest absolute Gasteiger partial charge is 0.325 e. The van der Waals surface area contributed by atoms with Crippen molar-refractivity contribution in [3.05, 3.63) is 76.7 Å². The summed E-state index contributed by atoms with van der Waals surface area (Å²) in [5.74, 6) is -1.39. The first-order valence-electron chi connectivity index (χ1n) is 8.72. The van der Waals surface area contributed by atoms with Gasteiger partial charge in [-0.05, 0) is 53.9 Å². The monoisotopic (exact) mass is 447 g/mol. The molecule has 0 saturated heterocycles. The lowest BCUT2D eigenvalue weighted by Gasteiger charge is -2.17. The molecule has 3 aromatic rings. The quantitative estimate of drug-likeness (QED) is 0.580. The molecule has 0 unspecified atom stereocenters. The summed E-state index contributed by atoms with van der Waals surface area (Å²) in [5.41, 5.74) is 0.884. The lowest BCUT2D eigenvalue weighted by molar-refractivity contribution is -0.116. The van der Waals surface area contributed by atoms with E-state index in [9.17, 15) is 22.4 Å². The highest BCUT2D eigenvalue weighted by Crippen LogP contribution is 2.18. The number of halogens is 1. The number of thiophene rings is 1. The van der Waals surface area contributed by atoms with Crippen LogP contribution >= 0.6 is 11.3 Å². The maximum Gasteiger partial charge on any atom is 0.265 e. The number of nitrogens with one attached hydrogen (secondary N) is 2. The lowest BCUT2D eigenvalue weighted by atomic mass is 10.2. The van der Waals surface area contributed by atoms with E-state index in [4.69, 9.17) is 0 Å². The van der Waals surface area contributed by atoms with Gasteiger partial charge in [-0.2, -0.15) is 4.31 Å². The number of rotatable bonds is 7. The van der Waals surface area contributed by atoms with Crippen LogP contribution in [0.15, 0.2) is 70.9 Å². The minimum Gasteiger partial charge on any atom is -0.325 e. The molecule has 1 aromatic heterocycles. The Morgan fingerprint density at radius 3 is 2.30 bits per heavy atom. The third kappa shape index (κ3) is 5.29. The SMILES string of the molecule is CN(CC(=O)Nc1cccc(NC(=O)c2cccs2)c1)S(=O)(=O)c1ccc(F)cc1. The van der Waals surface area contributed by atoms with Crippen molar-refractivity contribution in [2.24, 2.45) is 0 Å². The zero-order valence-corrected chi connectivity index (χ0v) is 17.5. The molecule has 0 aliphatic carbocycles. The van der Waals surface area contributed by atoms with E-state index in [0.29, 0.717) is 16.3 Å². The Balaban J connectivity index is 1.63. The number of carbonyl (C=O) groups is 2. The van der Waals surface area contributed by atoms with E-state index in [-0.39, 0.29) is 10.8 Å². The number of amides is 2. The van der Waals surface area contributed by atoms with Crippen molar-refractivity contribution >= 4 is 44.5 Å². The molecule has 1 heterocycles. The van der Waals surface area contributed by atoms with Crippen LogP contribution in [0.4, 0.5) is 15.8 Å². The second kappa shape index (κ2) is 9.16. The van der Waals surface area contributed by atoms with Gasteiger partial charge in [0.15, 0.2) is 0 Å². The Morgan fingerprint density at radius 1 is 1.00 bits per heavy atom. The fourth-order valence-electron chi connectivity index (χ4n) is 2.55. The zero-order valence-electron chi connectivity index (χ0n) is 15.8. The predicted molar refractivity (Wildman–Crippen MR) is 114 cm³/mol. The van der Waals surface area contributed by atoms with E-state index in [0.717, 1.165) is 28.6 Å². The first kappa shape index (κ1) is 21.6. The summed E-state index contributed by atoms with van der Waals surface area (Å²) in [6.07, 6.45) is 0. The molecule has 0 aliphatic rings. The molecule has 3 rings (SSSR count). The topological polar surface area (TPSA) is 95.6 Å². The van der Waals surface area contributed by atoms with Crippen LogP contribution in [0, 0.1) is 5.82 Å². The Labute approximate surface area is 177 Å². The number of sulfonamides is 1. The normalized spacial score (nSPS) is 11.3. The second-order valence-electron chi connectivity index (χ2n) is 6.28. The molecule has 0 fully saturated rings. The average Bonchev–Trinajstić information content (AvgIpc) is 3.23. The average molecular weight is 448 g/mol. The van der Waals surface area contributed by atoms with Gasteiger partial charge in [0.25, 0.3) is 5.91 Å². The number of hydrogen-bond donors (Lipinski definition) is 2. The lowest BCUT2D eigenvalue weighted by Crippen LogP contribution is -2.35. The number of nitrogens with zero attached hydrogens (tertiary/aromatic N) is 1. The van der Waals surface area contributed by atoms with Crippen LogP contribution in [-0.2, 0) is 14.8 Å². The molecule has 156 valence electrons. The van der Waals surface area contributed by atoms with E-state index in [2.05, 4.69) is 10.6 Å². The molecule has 0 radical (unpaired) electrons. The second-order valence-corrected chi connectivity index (χ2v) is 9.27. The Kier molecular flexibility index (Phi) is 6.60. The van der Waals surface area contributed by atoms with Crippen molar-refractivity contribution in [3.8, 4) is 0 Å². The molecule has 0 aliphatic heterocycles. The van der Waals surface area contributed by atoms with Crippen LogP contribution in [-0.4, -0.2) is 38.1 Å². The summed E-state index contributed by atoms with van der Waals surface area (Å²) in [5, 5.41) is 7.13. The molecule has 0 saturated carbocycles.